The SMILES string of the molecule is O=C1CNC(=O)c2cc(O)ccc21. The van der Waals surface area contributed by atoms with Crippen molar-refractivity contribution in [1.82, 2.24) is 5.32 Å². The van der Waals surface area contributed by atoms with Crippen LogP contribution >= 0.6 is 0 Å². The van der Waals surface area contributed by atoms with Crippen LogP contribution in [0, 0.1) is 0 Å². The number of carbonyl (C=O) groups excluding carboxylic acids is 2. The van der Waals surface area contributed by atoms with Crippen molar-refractivity contribution in [2.24, 2.45) is 0 Å². The molecule has 0 aromatic heterocycles. The Morgan fingerprint density at radius 2 is 2.00 bits per heavy atom. The first-order valence-electron chi connectivity index (χ1n) is 3.83. The van der Waals surface area contributed by atoms with Gasteiger partial charge in [-0.1, -0.05) is 0 Å². The van der Waals surface area contributed by atoms with Gasteiger partial charge in [0.2, 0.25) is 0 Å². The largest absolute Gasteiger partial charge is 0.508 e. The van der Waals surface area contributed by atoms with Crippen molar-refractivity contribution in [3.8, 4) is 5.75 Å². The van der Waals surface area contributed by atoms with Crippen LogP contribution < -0.4 is 5.32 Å². The molecule has 0 radical (unpaired) electrons. The number of hydrogen-bond acceptors (Lipinski definition) is 3. The molecule has 0 unspecified atom stereocenters. The van der Waals surface area contributed by atoms with Gasteiger partial charge in [-0.15, -0.1) is 0 Å². The quantitative estimate of drug-likeness (QED) is 0.599. The Balaban J connectivity index is 2.63. The van der Waals surface area contributed by atoms with Crippen LogP contribution in [0.25, 0.3) is 0 Å². The molecule has 1 aromatic carbocycles. The van der Waals surface area contributed by atoms with Crippen LogP contribution in [-0.4, -0.2) is 23.3 Å². The van der Waals surface area contributed by atoms with E-state index in [-0.39, 0.29) is 29.5 Å². The summed E-state index contributed by atoms with van der Waals surface area (Å²) in [6.07, 6.45) is 0. The van der Waals surface area contributed by atoms with E-state index in [1.807, 2.05) is 0 Å². The van der Waals surface area contributed by atoms with Gasteiger partial charge < -0.3 is 10.4 Å². The summed E-state index contributed by atoms with van der Waals surface area (Å²) in [5, 5.41) is 11.5. The minimum absolute atomic E-state index is 0.0106. The maximum Gasteiger partial charge on any atom is 0.252 e. The zero-order valence-electron chi connectivity index (χ0n) is 6.70. The van der Waals surface area contributed by atoms with Crippen LogP contribution in [-0.2, 0) is 0 Å². The van der Waals surface area contributed by atoms with E-state index in [1.54, 1.807) is 0 Å². The van der Waals surface area contributed by atoms with Crippen LogP contribution in [0.4, 0.5) is 0 Å². The molecular formula is C9H7NO3. The lowest BCUT2D eigenvalue weighted by molar-refractivity contribution is 0.0877. The Morgan fingerprint density at radius 1 is 1.23 bits per heavy atom. The number of fused-ring (bicyclic) bond motifs is 1. The van der Waals surface area contributed by atoms with E-state index in [0.29, 0.717) is 5.56 Å². The topological polar surface area (TPSA) is 66.4 Å². The number of ketones is 1. The van der Waals surface area contributed by atoms with E-state index >= 15 is 0 Å². The zero-order valence-corrected chi connectivity index (χ0v) is 6.70. The third kappa shape index (κ3) is 1.16. The number of amides is 1. The Hall–Kier alpha value is -1.84. The molecule has 0 bridgehead atoms. The summed E-state index contributed by atoms with van der Waals surface area (Å²) in [5.74, 6) is -0.455. The summed E-state index contributed by atoms with van der Waals surface area (Å²) in [7, 11) is 0. The maximum atomic E-state index is 11.2. The lowest BCUT2D eigenvalue weighted by Crippen LogP contribution is -2.36. The highest BCUT2D eigenvalue weighted by molar-refractivity contribution is 6.13. The number of hydrogen-bond donors (Lipinski definition) is 2. The standard InChI is InChI=1S/C9H7NO3/c11-5-1-2-6-7(3-5)9(13)10-4-8(6)12/h1-3,11H,4H2,(H,10,13). The average Bonchev–Trinajstić information content (AvgIpc) is 2.12. The van der Waals surface area contributed by atoms with Crippen LogP contribution in [0.2, 0.25) is 0 Å². The minimum Gasteiger partial charge on any atom is -0.508 e. The van der Waals surface area contributed by atoms with Crippen molar-refractivity contribution in [3.63, 3.8) is 0 Å². The molecule has 0 fully saturated rings. The van der Waals surface area contributed by atoms with Crippen molar-refractivity contribution < 1.29 is 14.7 Å². The second kappa shape index (κ2) is 2.58. The fourth-order valence-corrected chi connectivity index (χ4v) is 1.31. The van der Waals surface area contributed by atoms with E-state index < -0.39 is 0 Å². The average molecular weight is 177 g/mol. The van der Waals surface area contributed by atoms with Gasteiger partial charge in [-0.2, -0.15) is 0 Å². The number of Topliss-reactive ketones (excluding diaryl/α,β-unsaturated/α-hetero) is 1. The van der Waals surface area contributed by atoms with Gasteiger partial charge in [-0.25, -0.2) is 0 Å². The van der Waals surface area contributed by atoms with Gasteiger partial charge >= 0.3 is 0 Å². The zero-order chi connectivity index (χ0) is 9.42. The molecular weight excluding hydrogens is 170 g/mol. The van der Waals surface area contributed by atoms with Crippen LogP contribution in [0.5, 0.6) is 5.75 Å². The van der Waals surface area contributed by atoms with Gasteiger partial charge in [0.05, 0.1) is 12.1 Å². The Labute approximate surface area is 74.2 Å². The molecule has 4 heteroatoms. The molecule has 13 heavy (non-hydrogen) atoms. The van der Waals surface area contributed by atoms with Gasteiger partial charge in [0.15, 0.2) is 5.78 Å². The Bertz CT molecular complexity index is 398. The summed E-state index contributed by atoms with van der Waals surface area (Å²) >= 11 is 0. The Kier molecular flexibility index (Phi) is 1.55. The second-order valence-electron chi connectivity index (χ2n) is 2.84. The summed E-state index contributed by atoms with van der Waals surface area (Å²) in [6, 6.07) is 4.16. The Morgan fingerprint density at radius 3 is 2.77 bits per heavy atom. The molecule has 0 spiro atoms. The first-order chi connectivity index (χ1) is 6.18. The fourth-order valence-electron chi connectivity index (χ4n) is 1.31. The minimum atomic E-state index is -0.314. The van der Waals surface area contributed by atoms with E-state index in [9.17, 15) is 9.59 Å². The van der Waals surface area contributed by atoms with Crippen molar-refractivity contribution in [3.05, 3.63) is 29.3 Å². The summed E-state index contributed by atoms with van der Waals surface area (Å²) in [4.78, 5) is 22.5. The molecule has 0 atom stereocenters. The first kappa shape index (κ1) is 7.79. The van der Waals surface area contributed by atoms with Gasteiger partial charge in [0.1, 0.15) is 5.75 Å². The van der Waals surface area contributed by atoms with Crippen molar-refractivity contribution in [2.75, 3.05) is 6.54 Å². The number of aromatic hydroxyl groups is 1. The van der Waals surface area contributed by atoms with Gasteiger partial charge in [-0.05, 0) is 18.2 Å². The van der Waals surface area contributed by atoms with Crippen LogP contribution in [0.3, 0.4) is 0 Å². The molecule has 1 aliphatic rings. The molecule has 1 aromatic rings. The van der Waals surface area contributed by atoms with Crippen molar-refractivity contribution >= 4 is 11.7 Å². The predicted octanol–water partition coefficient (Wildman–Crippen LogP) is 0.318. The third-order valence-electron chi connectivity index (χ3n) is 1.96. The highest BCUT2D eigenvalue weighted by Gasteiger charge is 2.22. The molecule has 0 aliphatic carbocycles. The number of phenolic OH excluding ortho intramolecular Hbond substituents is 1. The maximum absolute atomic E-state index is 11.2. The molecule has 66 valence electrons. The number of carbonyl (C=O) groups is 2. The van der Waals surface area contributed by atoms with Crippen molar-refractivity contribution in [2.45, 2.75) is 0 Å². The first-order valence-corrected chi connectivity index (χ1v) is 3.83. The van der Waals surface area contributed by atoms with E-state index in [4.69, 9.17) is 5.11 Å². The number of nitrogens with one attached hydrogen (secondary N) is 1. The summed E-state index contributed by atoms with van der Waals surface area (Å²) in [5.41, 5.74) is 0.623. The molecule has 0 saturated heterocycles. The number of rotatable bonds is 0. The third-order valence-corrected chi connectivity index (χ3v) is 1.96. The van der Waals surface area contributed by atoms with Crippen LogP contribution in [0.1, 0.15) is 20.7 Å². The predicted molar refractivity (Wildman–Crippen MR) is 44.8 cm³/mol. The molecule has 4 nitrogen and oxygen atoms in total. The van der Waals surface area contributed by atoms with Crippen molar-refractivity contribution in [1.29, 1.82) is 0 Å². The van der Waals surface area contributed by atoms with E-state index in [1.165, 1.54) is 18.2 Å². The van der Waals surface area contributed by atoms with Gasteiger partial charge in [0, 0.05) is 5.56 Å². The highest BCUT2D eigenvalue weighted by Crippen LogP contribution is 2.19. The molecule has 1 aliphatic heterocycles. The lowest BCUT2D eigenvalue weighted by Gasteiger charge is -2.14. The normalized spacial score (nSPS) is 15.1. The molecule has 2 N–H and O–H groups in total. The van der Waals surface area contributed by atoms with Gasteiger partial charge in [0.25, 0.3) is 5.91 Å². The summed E-state index contributed by atoms with van der Waals surface area (Å²) in [6.45, 7) is 0.0383. The lowest BCUT2D eigenvalue weighted by atomic mass is 9.99. The monoisotopic (exact) mass is 177 g/mol. The molecule has 1 amide bonds. The molecule has 1 heterocycles. The molecule has 2 rings (SSSR count). The number of phenols is 1. The second-order valence-corrected chi connectivity index (χ2v) is 2.84. The number of benzene rings is 1. The fraction of sp³-hybridized carbons (Fsp3) is 0.111. The highest BCUT2D eigenvalue weighted by atomic mass is 16.3. The van der Waals surface area contributed by atoms with Crippen LogP contribution in [0.15, 0.2) is 18.2 Å². The smallest absolute Gasteiger partial charge is 0.252 e. The summed E-state index contributed by atoms with van der Waals surface area (Å²) < 4.78 is 0. The van der Waals surface area contributed by atoms with E-state index in [0.717, 1.165) is 0 Å². The van der Waals surface area contributed by atoms with E-state index in [2.05, 4.69) is 5.32 Å². The molecule has 0 saturated carbocycles. The van der Waals surface area contributed by atoms with Gasteiger partial charge in [-0.3, -0.25) is 9.59 Å².